The van der Waals surface area contributed by atoms with Gasteiger partial charge in [-0.1, -0.05) is 79.8 Å². The molecule has 3 aliphatic rings. The molecule has 0 radical (unpaired) electrons. The number of hydrogen-bond donors (Lipinski definition) is 1. The van der Waals surface area contributed by atoms with Gasteiger partial charge in [0.25, 0.3) is 0 Å². The maximum absolute atomic E-state index is 14.1. The van der Waals surface area contributed by atoms with Crippen molar-refractivity contribution in [3.8, 4) is 0 Å². The van der Waals surface area contributed by atoms with E-state index < -0.39 is 50.7 Å². The number of methoxy groups -OCH3 is 1. The lowest BCUT2D eigenvalue weighted by Gasteiger charge is -2.42. The molecule has 5 unspecified atom stereocenters. The molecule has 10 atom stereocenters. The van der Waals surface area contributed by atoms with Gasteiger partial charge in [0.05, 0.1) is 66.1 Å². The second kappa shape index (κ2) is 19.7. The van der Waals surface area contributed by atoms with Crippen LogP contribution in [0.4, 0.5) is 0 Å². The van der Waals surface area contributed by atoms with Crippen molar-refractivity contribution in [1.82, 2.24) is 0 Å². The van der Waals surface area contributed by atoms with Crippen LogP contribution in [0.1, 0.15) is 99.8 Å². The third-order valence-electron chi connectivity index (χ3n) is 13.8. The zero-order valence-corrected chi connectivity index (χ0v) is 40.3. The monoisotopic (exact) mass is 850 g/mol. The Bertz CT molecular complexity index is 1570. The van der Waals surface area contributed by atoms with Crippen LogP contribution in [0.5, 0.6) is 0 Å². The summed E-state index contributed by atoms with van der Waals surface area (Å²) in [6.07, 6.45) is 4.12. The van der Waals surface area contributed by atoms with Crippen LogP contribution < -0.4 is 0 Å². The number of sulfone groups is 1. The molecule has 0 bridgehead atoms. The summed E-state index contributed by atoms with van der Waals surface area (Å²) in [6.45, 7) is 34.2. The third kappa shape index (κ3) is 12.7. The number of rotatable bonds is 19. The van der Waals surface area contributed by atoms with E-state index in [1.165, 1.54) is 0 Å². The van der Waals surface area contributed by atoms with Crippen molar-refractivity contribution in [3.63, 3.8) is 0 Å². The van der Waals surface area contributed by atoms with Gasteiger partial charge in [-0.2, -0.15) is 0 Å². The van der Waals surface area contributed by atoms with Crippen molar-refractivity contribution in [2.45, 2.75) is 190 Å². The van der Waals surface area contributed by atoms with E-state index in [-0.39, 0.29) is 58.9 Å². The van der Waals surface area contributed by atoms with Gasteiger partial charge in [0, 0.05) is 32.5 Å². The zero-order valence-electron chi connectivity index (χ0n) is 37.5. The quantitative estimate of drug-likeness (QED) is 0.108. The Morgan fingerprint density at radius 1 is 0.877 bits per heavy atom. The number of aliphatic hydroxyl groups excluding tert-OH is 1. The standard InChI is InChI=1S/C45H78O9SSi2/c1-31-25-35(22-23-39-32(2)26-34(51-39)19-18-24-46)52-40(33(31)3)28-41-38(30-55(47,48)37-20-16-15-17-21-37)43(49-10)42(53-41)27-36(54-57(13,14)45(7,8)9)29-50-56(11,12)44(4,5)6/h15-17,20-21,31,34-36,38-43,46H,2-3,18-19,22-30H2,1,4-14H3/t31-,34?,35+,36+,38+,39+,40?,41?,42?,43?/m1/s1. The van der Waals surface area contributed by atoms with Gasteiger partial charge in [-0.3, -0.25) is 0 Å². The Labute approximate surface area is 348 Å². The Morgan fingerprint density at radius 3 is 2.11 bits per heavy atom. The van der Waals surface area contributed by atoms with E-state index in [9.17, 15) is 13.5 Å². The fourth-order valence-electron chi connectivity index (χ4n) is 8.08. The number of hydrogen-bond acceptors (Lipinski definition) is 9. The summed E-state index contributed by atoms with van der Waals surface area (Å²) >= 11 is 0. The van der Waals surface area contributed by atoms with Crippen molar-refractivity contribution < 1.29 is 41.3 Å². The van der Waals surface area contributed by atoms with E-state index in [4.69, 9.17) is 27.8 Å². The first-order valence-corrected chi connectivity index (χ1v) is 28.9. The van der Waals surface area contributed by atoms with Crippen LogP contribution in [0, 0.1) is 11.8 Å². The molecule has 4 rings (SSSR count). The van der Waals surface area contributed by atoms with Gasteiger partial charge in [-0.05, 0) is 104 Å². The topological polar surface area (TPSA) is 110 Å². The summed E-state index contributed by atoms with van der Waals surface area (Å²) in [5.41, 5.74) is 2.14. The Morgan fingerprint density at radius 2 is 1.51 bits per heavy atom. The van der Waals surface area contributed by atoms with Crippen LogP contribution in [0.15, 0.2) is 59.5 Å². The molecule has 3 heterocycles. The maximum atomic E-state index is 14.1. The minimum absolute atomic E-state index is 0.000157. The average Bonchev–Trinajstić information content (AvgIpc) is 3.63. The normalized spacial score (nSPS) is 29.9. The van der Waals surface area contributed by atoms with E-state index in [1.54, 1.807) is 31.4 Å². The van der Waals surface area contributed by atoms with Gasteiger partial charge < -0.3 is 32.9 Å². The van der Waals surface area contributed by atoms with Gasteiger partial charge in [0.2, 0.25) is 0 Å². The Hall–Kier alpha value is -1.20. The molecule has 1 N–H and O–H groups in total. The average molecular weight is 851 g/mol. The maximum Gasteiger partial charge on any atom is 0.192 e. The van der Waals surface area contributed by atoms with E-state index in [0.29, 0.717) is 24.3 Å². The molecule has 1 aromatic carbocycles. The van der Waals surface area contributed by atoms with Gasteiger partial charge in [-0.25, -0.2) is 8.42 Å². The van der Waals surface area contributed by atoms with E-state index >= 15 is 0 Å². The second-order valence-corrected chi connectivity index (χ2v) is 31.8. The largest absolute Gasteiger partial charge is 0.414 e. The molecule has 3 aliphatic heterocycles. The molecular weight excluding hydrogens is 773 g/mol. The van der Waals surface area contributed by atoms with E-state index in [1.807, 2.05) is 6.07 Å². The molecule has 1 aromatic rings. The molecular formula is C45H78O9SSi2. The molecule has 9 nitrogen and oxygen atoms in total. The lowest BCUT2D eigenvalue weighted by Crippen LogP contribution is -2.49. The highest BCUT2D eigenvalue weighted by Gasteiger charge is 2.50. The minimum Gasteiger partial charge on any atom is -0.414 e. The van der Waals surface area contributed by atoms with Gasteiger partial charge >= 0.3 is 0 Å². The molecule has 3 saturated heterocycles. The molecule has 326 valence electrons. The van der Waals surface area contributed by atoms with Gasteiger partial charge in [-0.15, -0.1) is 0 Å². The second-order valence-electron chi connectivity index (χ2n) is 20.2. The van der Waals surface area contributed by atoms with Crippen molar-refractivity contribution in [2.24, 2.45) is 11.8 Å². The third-order valence-corrected chi connectivity index (χ3v) is 24.7. The Kier molecular flexibility index (Phi) is 16.7. The molecule has 0 saturated carbocycles. The highest BCUT2D eigenvalue weighted by atomic mass is 32.2. The molecule has 57 heavy (non-hydrogen) atoms. The first-order chi connectivity index (χ1) is 26.4. The van der Waals surface area contributed by atoms with Crippen LogP contribution in [0.2, 0.25) is 36.3 Å². The lowest BCUT2D eigenvalue weighted by molar-refractivity contribution is -0.0782. The zero-order chi connectivity index (χ0) is 42.6. The number of aliphatic hydroxyl groups is 1. The predicted octanol–water partition coefficient (Wildman–Crippen LogP) is 9.67. The Balaban J connectivity index is 1.59. The summed E-state index contributed by atoms with van der Waals surface area (Å²) in [6, 6.07) is 8.68. The molecule has 0 spiro atoms. The van der Waals surface area contributed by atoms with Gasteiger partial charge in [0.15, 0.2) is 26.5 Å². The summed E-state index contributed by atoms with van der Waals surface area (Å²) in [5, 5.41) is 9.32. The van der Waals surface area contributed by atoms with Crippen molar-refractivity contribution in [2.75, 3.05) is 26.1 Å². The van der Waals surface area contributed by atoms with Crippen LogP contribution in [-0.2, 0) is 37.6 Å². The van der Waals surface area contributed by atoms with Crippen LogP contribution in [0.25, 0.3) is 0 Å². The van der Waals surface area contributed by atoms with Gasteiger partial charge in [0.1, 0.15) is 0 Å². The fraction of sp³-hybridized carbons (Fsp3) is 0.778. The van der Waals surface area contributed by atoms with Crippen LogP contribution in [-0.4, -0.2) is 105 Å². The van der Waals surface area contributed by atoms with E-state index in [2.05, 4.69) is 87.8 Å². The molecule has 0 amide bonds. The van der Waals surface area contributed by atoms with Crippen LogP contribution >= 0.6 is 0 Å². The van der Waals surface area contributed by atoms with Crippen molar-refractivity contribution >= 4 is 26.5 Å². The summed E-state index contributed by atoms with van der Waals surface area (Å²) in [5.74, 6) is -0.324. The number of ether oxygens (including phenoxy) is 4. The minimum atomic E-state index is -3.68. The van der Waals surface area contributed by atoms with Crippen molar-refractivity contribution in [3.05, 3.63) is 54.6 Å². The fourth-order valence-corrected chi connectivity index (χ4v) is 12.1. The molecule has 12 heteroatoms. The van der Waals surface area contributed by atoms with Crippen LogP contribution in [0.3, 0.4) is 0 Å². The smallest absolute Gasteiger partial charge is 0.192 e. The first kappa shape index (κ1) is 48.5. The molecule has 0 aliphatic carbocycles. The summed E-state index contributed by atoms with van der Waals surface area (Å²) < 4.78 is 68.6. The SMILES string of the molecule is C=C1C(CC2OC(C[C@@H](CO[Si](C)(C)C(C)(C)C)O[Si](C)(C)C(C)(C)C)C(OC)[C@H]2CS(=O)(=O)c2ccccc2)O[C@@H](CC[C@@H]2OC(CCCO)CC2=C)C[C@H]1C. The molecule has 3 fully saturated rings. The predicted molar refractivity (Wildman–Crippen MR) is 235 cm³/mol. The summed E-state index contributed by atoms with van der Waals surface area (Å²) in [7, 11) is -6.35. The number of benzene rings is 1. The lowest BCUT2D eigenvalue weighted by atomic mass is 9.83. The van der Waals surface area contributed by atoms with Crippen molar-refractivity contribution in [1.29, 1.82) is 0 Å². The highest BCUT2D eigenvalue weighted by molar-refractivity contribution is 7.91. The highest BCUT2D eigenvalue weighted by Crippen LogP contribution is 2.44. The van der Waals surface area contributed by atoms with E-state index in [0.717, 1.165) is 49.7 Å². The molecule has 0 aromatic heterocycles. The summed E-state index contributed by atoms with van der Waals surface area (Å²) in [4.78, 5) is 0.297. The first-order valence-electron chi connectivity index (χ1n) is 21.4.